The topological polar surface area (TPSA) is 88.2 Å². The first-order valence-electron chi connectivity index (χ1n) is 9.42. The normalized spacial score (nSPS) is 15.6. The molecule has 0 aliphatic carbocycles. The maximum atomic E-state index is 14.6. The van der Waals surface area contributed by atoms with Crippen molar-refractivity contribution in [2.24, 2.45) is 0 Å². The highest BCUT2D eigenvalue weighted by atomic mass is 35.5. The fraction of sp³-hybridized carbons (Fsp3) is 0.350. The molecule has 2 amide bonds. The zero-order valence-electron chi connectivity index (χ0n) is 16.7. The average molecular weight is 470 g/mol. The van der Waals surface area contributed by atoms with Gasteiger partial charge in [0, 0.05) is 13.6 Å². The van der Waals surface area contributed by atoms with Gasteiger partial charge in [0.1, 0.15) is 24.8 Å². The first-order valence-corrected chi connectivity index (χ1v) is 10.6. The number of likely N-dealkylation sites (N-methyl/N-ethyl adjacent to an activating group) is 1. The molecule has 0 radical (unpaired) electrons. The van der Waals surface area contributed by atoms with Crippen molar-refractivity contribution in [2.45, 2.75) is 6.10 Å². The van der Waals surface area contributed by atoms with E-state index in [-0.39, 0.29) is 32.2 Å². The van der Waals surface area contributed by atoms with Crippen LogP contribution in [0.4, 0.5) is 20.6 Å². The van der Waals surface area contributed by atoms with Crippen molar-refractivity contribution < 1.29 is 28.2 Å². The summed E-state index contributed by atoms with van der Waals surface area (Å²) in [5.41, 5.74) is 0.695. The van der Waals surface area contributed by atoms with Crippen LogP contribution in [0.3, 0.4) is 0 Å². The van der Waals surface area contributed by atoms with Gasteiger partial charge in [-0.1, -0.05) is 11.6 Å². The summed E-state index contributed by atoms with van der Waals surface area (Å²) in [5, 5.41) is 2.71. The Morgan fingerprint density at radius 2 is 2.26 bits per heavy atom. The van der Waals surface area contributed by atoms with Crippen LogP contribution in [0.25, 0.3) is 0 Å². The molecule has 166 valence electrons. The van der Waals surface area contributed by atoms with Crippen LogP contribution < -0.4 is 15.1 Å². The summed E-state index contributed by atoms with van der Waals surface area (Å²) < 4.78 is 25.5. The van der Waals surface area contributed by atoms with Crippen LogP contribution in [-0.4, -0.2) is 64.3 Å². The number of hydrogen-bond donors (Lipinski definition) is 1. The van der Waals surface area contributed by atoms with Crippen LogP contribution in [0, 0.1) is 5.82 Å². The summed E-state index contributed by atoms with van der Waals surface area (Å²) in [6.45, 7) is 0.973. The van der Waals surface area contributed by atoms with Gasteiger partial charge in [-0.3, -0.25) is 9.69 Å². The summed E-state index contributed by atoms with van der Waals surface area (Å²) in [6.07, 6.45) is -0.519. The Labute approximate surface area is 187 Å². The fourth-order valence-electron chi connectivity index (χ4n) is 3.00. The molecule has 1 atom stereocenters. The van der Waals surface area contributed by atoms with Crippen molar-refractivity contribution in [3.8, 4) is 0 Å². The summed E-state index contributed by atoms with van der Waals surface area (Å²) in [6, 6.07) is 7.69. The van der Waals surface area contributed by atoms with Gasteiger partial charge in [-0.05, 0) is 30.3 Å². The largest absolute Gasteiger partial charge is 0.442 e. The third-order valence-corrected chi connectivity index (χ3v) is 5.80. The Morgan fingerprint density at radius 3 is 2.94 bits per heavy atom. The molecular weight excluding hydrogens is 449 g/mol. The molecule has 11 heteroatoms. The van der Waals surface area contributed by atoms with Crippen LogP contribution >= 0.6 is 22.9 Å². The number of nitrogens with one attached hydrogen (secondary N) is 1. The minimum atomic E-state index is -0.610. The third-order valence-electron chi connectivity index (χ3n) is 4.57. The van der Waals surface area contributed by atoms with E-state index in [1.54, 1.807) is 36.2 Å². The molecule has 2 aromatic rings. The summed E-state index contributed by atoms with van der Waals surface area (Å²) in [5.74, 6) is -0.809. The second-order valence-electron chi connectivity index (χ2n) is 6.73. The van der Waals surface area contributed by atoms with Gasteiger partial charge >= 0.3 is 6.09 Å². The summed E-state index contributed by atoms with van der Waals surface area (Å²) in [4.78, 5) is 38.0. The number of cyclic esters (lactones) is 1. The minimum absolute atomic E-state index is 0.00494. The molecule has 31 heavy (non-hydrogen) atoms. The Kier molecular flexibility index (Phi) is 7.83. The maximum absolute atomic E-state index is 14.6. The van der Waals surface area contributed by atoms with Gasteiger partial charge in [0.25, 0.3) is 5.91 Å². The van der Waals surface area contributed by atoms with Crippen molar-refractivity contribution in [3.63, 3.8) is 0 Å². The van der Waals surface area contributed by atoms with E-state index >= 15 is 0 Å². The lowest BCUT2D eigenvalue weighted by molar-refractivity contribution is -0.111. The van der Waals surface area contributed by atoms with Crippen molar-refractivity contribution in [3.05, 3.63) is 45.4 Å². The number of amides is 2. The number of carbonyl (C=O) groups is 3. The number of thiophene rings is 1. The number of carbonyl (C=O) groups excluding carboxylic acids is 3. The minimum Gasteiger partial charge on any atom is -0.442 e. The molecule has 1 unspecified atom stereocenters. The van der Waals surface area contributed by atoms with Crippen LogP contribution in [0.1, 0.15) is 9.67 Å². The van der Waals surface area contributed by atoms with Gasteiger partial charge in [0.2, 0.25) is 0 Å². The quantitative estimate of drug-likeness (QED) is 0.425. The highest BCUT2D eigenvalue weighted by molar-refractivity contribution is 7.18. The number of anilines is 2. The molecule has 1 N–H and O–H groups in total. The number of nitrogens with zero attached hydrogens (tertiary/aromatic N) is 2. The van der Waals surface area contributed by atoms with E-state index in [1.807, 2.05) is 0 Å². The number of rotatable bonds is 10. The molecule has 0 saturated carbocycles. The van der Waals surface area contributed by atoms with Crippen molar-refractivity contribution in [2.75, 3.05) is 49.7 Å². The summed E-state index contributed by atoms with van der Waals surface area (Å²) >= 11 is 6.98. The Hall–Kier alpha value is -2.69. The van der Waals surface area contributed by atoms with Crippen LogP contribution in [0.2, 0.25) is 4.34 Å². The molecule has 8 nitrogen and oxygen atoms in total. The molecule has 0 spiro atoms. The van der Waals surface area contributed by atoms with E-state index < -0.39 is 18.0 Å². The van der Waals surface area contributed by atoms with Crippen molar-refractivity contribution in [1.82, 2.24) is 5.32 Å². The molecule has 1 fully saturated rings. The second kappa shape index (κ2) is 10.6. The Bertz CT molecular complexity index is 957. The van der Waals surface area contributed by atoms with Gasteiger partial charge in [-0.25, -0.2) is 9.18 Å². The number of hydrogen-bond acceptors (Lipinski definition) is 7. The molecule has 1 aliphatic rings. The third kappa shape index (κ3) is 5.93. The SMILES string of the molecule is CN(CCOCC=O)c1ccc(N2CC(CNC(=O)c3ccc(Cl)s3)OC2=O)cc1F. The first kappa shape index (κ1) is 23.0. The molecule has 1 aromatic carbocycles. The molecule has 1 aromatic heterocycles. The lowest BCUT2D eigenvalue weighted by Gasteiger charge is -2.21. The summed E-state index contributed by atoms with van der Waals surface area (Å²) in [7, 11) is 1.70. The zero-order valence-corrected chi connectivity index (χ0v) is 18.2. The van der Waals surface area contributed by atoms with E-state index in [0.29, 0.717) is 33.4 Å². The van der Waals surface area contributed by atoms with E-state index in [9.17, 15) is 18.8 Å². The van der Waals surface area contributed by atoms with Crippen molar-refractivity contribution >= 4 is 52.6 Å². The van der Waals surface area contributed by atoms with Crippen LogP contribution in [0.5, 0.6) is 0 Å². The monoisotopic (exact) mass is 469 g/mol. The molecular formula is C20H21ClFN3O5S. The highest BCUT2D eigenvalue weighted by Crippen LogP contribution is 2.27. The molecule has 0 bridgehead atoms. The van der Waals surface area contributed by atoms with E-state index in [1.165, 1.54) is 11.0 Å². The molecule has 1 saturated heterocycles. The predicted octanol–water partition coefficient (Wildman–Crippen LogP) is 2.95. The maximum Gasteiger partial charge on any atom is 0.414 e. The van der Waals surface area contributed by atoms with Gasteiger partial charge in [0.05, 0.1) is 40.3 Å². The number of halogens is 2. The number of ether oxygens (including phenoxy) is 2. The lowest BCUT2D eigenvalue weighted by atomic mass is 10.2. The first-order chi connectivity index (χ1) is 14.9. The van der Waals surface area contributed by atoms with Gasteiger partial charge in [-0.2, -0.15) is 0 Å². The average Bonchev–Trinajstić information content (AvgIpc) is 3.34. The number of aldehydes is 1. The van der Waals surface area contributed by atoms with Gasteiger partial charge < -0.3 is 24.5 Å². The predicted molar refractivity (Wildman–Crippen MR) is 116 cm³/mol. The lowest BCUT2D eigenvalue weighted by Crippen LogP contribution is -2.34. The smallest absolute Gasteiger partial charge is 0.414 e. The zero-order chi connectivity index (χ0) is 22.4. The fourth-order valence-corrected chi connectivity index (χ4v) is 3.95. The number of benzene rings is 1. The highest BCUT2D eigenvalue weighted by Gasteiger charge is 2.33. The van der Waals surface area contributed by atoms with Crippen molar-refractivity contribution in [1.29, 1.82) is 0 Å². The van der Waals surface area contributed by atoms with E-state index in [0.717, 1.165) is 11.3 Å². The molecule has 2 heterocycles. The Morgan fingerprint density at radius 1 is 1.45 bits per heavy atom. The second-order valence-corrected chi connectivity index (χ2v) is 8.44. The van der Waals surface area contributed by atoms with Gasteiger partial charge in [0.15, 0.2) is 0 Å². The Balaban J connectivity index is 1.56. The van der Waals surface area contributed by atoms with Gasteiger partial charge in [-0.15, -0.1) is 11.3 Å². The van der Waals surface area contributed by atoms with E-state index in [4.69, 9.17) is 21.1 Å². The standard InChI is InChI=1S/C20H21ClFN3O5S/c1-24(6-8-29-9-7-26)16-3-2-13(10-15(16)22)25-12-14(30-20(25)28)11-23-19(27)17-4-5-18(21)31-17/h2-5,7,10,14H,6,8-9,11-12H2,1H3,(H,23,27). The van der Waals surface area contributed by atoms with E-state index in [2.05, 4.69) is 5.32 Å². The van der Waals surface area contributed by atoms with Crippen LogP contribution in [-0.2, 0) is 14.3 Å². The molecule has 3 rings (SSSR count). The van der Waals surface area contributed by atoms with Crippen LogP contribution in [0.15, 0.2) is 30.3 Å². The molecule has 1 aliphatic heterocycles.